The summed E-state index contributed by atoms with van der Waals surface area (Å²) in [7, 11) is 0. The van der Waals surface area contributed by atoms with Crippen LogP contribution in [0.1, 0.15) is 5.69 Å². The number of imidazole rings is 1. The molecule has 3 aromatic rings. The molecule has 1 aromatic carbocycles. The highest BCUT2D eigenvalue weighted by Gasteiger charge is 2.34. The molecule has 20 heavy (non-hydrogen) atoms. The van der Waals surface area contributed by atoms with Gasteiger partial charge < -0.3 is 4.40 Å². The first-order chi connectivity index (χ1) is 9.45. The number of alkyl halides is 3. The van der Waals surface area contributed by atoms with Gasteiger partial charge in [0, 0.05) is 24.2 Å². The van der Waals surface area contributed by atoms with Crippen LogP contribution in [0.2, 0.25) is 0 Å². The fourth-order valence-electron chi connectivity index (χ4n) is 1.87. The van der Waals surface area contributed by atoms with Gasteiger partial charge in [-0.15, -0.1) is 0 Å². The van der Waals surface area contributed by atoms with Crippen LogP contribution in [0.25, 0.3) is 16.9 Å². The average molecular weight is 281 g/mol. The van der Waals surface area contributed by atoms with Gasteiger partial charge in [0.05, 0.1) is 0 Å². The monoisotopic (exact) mass is 281 g/mol. The van der Waals surface area contributed by atoms with Crippen molar-refractivity contribution in [2.45, 2.75) is 6.18 Å². The van der Waals surface area contributed by atoms with E-state index in [9.17, 15) is 17.6 Å². The third-order valence-corrected chi connectivity index (χ3v) is 2.78. The van der Waals surface area contributed by atoms with Gasteiger partial charge in [-0.3, -0.25) is 4.98 Å². The van der Waals surface area contributed by atoms with Crippen LogP contribution < -0.4 is 0 Å². The van der Waals surface area contributed by atoms with Crippen molar-refractivity contribution in [3.05, 3.63) is 54.4 Å². The molecule has 0 spiro atoms. The lowest BCUT2D eigenvalue weighted by Crippen LogP contribution is -2.04. The summed E-state index contributed by atoms with van der Waals surface area (Å²) in [5.41, 5.74) is -0.153. The Kier molecular flexibility index (Phi) is 2.70. The molecular formula is C13H7F4N3. The van der Waals surface area contributed by atoms with Gasteiger partial charge in [0.25, 0.3) is 0 Å². The third-order valence-electron chi connectivity index (χ3n) is 2.78. The first-order valence-electron chi connectivity index (χ1n) is 5.62. The van der Waals surface area contributed by atoms with Gasteiger partial charge in [0.2, 0.25) is 0 Å². The number of aromatic nitrogens is 3. The lowest BCUT2D eigenvalue weighted by Gasteiger charge is -2.02. The summed E-state index contributed by atoms with van der Waals surface area (Å²) >= 11 is 0. The van der Waals surface area contributed by atoms with Crippen molar-refractivity contribution < 1.29 is 17.6 Å². The zero-order valence-electron chi connectivity index (χ0n) is 9.89. The Morgan fingerprint density at radius 3 is 2.40 bits per heavy atom. The number of nitrogens with zero attached hydrogens (tertiary/aromatic N) is 3. The summed E-state index contributed by atoms with van der Waals surface area (Å²) < 4.78 is 52.1. The summed E-state index contributed by atoms with van der Waals surface area (Å²) in [6, 6.07) is 5.32. The molecule has 0 amide bonds. The van der Waals surface area contributed by atoms with E-state index in [0.29, 0.717) is 5.56 Å². The molecule has 2 heterocycles. The van der Waals surface area contributed by atoms with Crippen LogP contribution in [0.3, 0.4) is 0 Å². The lowest BCUT2D eigenvalue weighted by molar-refractivity contribution is -0.140. The van der Waals surface area contributed by atoms with Gasteiger partial charge in [-0.1, -0.05) is 0 Å². The standard InChI is InChI=1S/C13H7F4N3/c14-9-3-1-8(2-4-9)11-12-19-10(13(15,16)17)7-20(12)6-5-18-11/h1-7H. The Balaban J connectivity index is 2.21. The minimum atomic E-state index is -4.52. The van der Waals surface area contributed by atoms with Crippen molar-refractivity contribution in [1.29, 1.82) is 0 Å². The zero-order chi connectivity index (χ0) is 14.3. The fourth-order valence-corrected chi connectivity index (χ4v) is 1.87. The van der Waals surface area contributed by atoms with E-state index in [0.717, 1.165) is 6.20 Å². The Morgan fingerprint density at radius 2 is 1.75 bits per heavy atom. The summed E-state index contributed by atoms with van der Waals surface area (Å²) in [4.78, 5) is 7.59. The van der Waals surface area contributed by atoms with E-state index in [1.54, 1.807) is 0 Å². The van der Waals surface area contributed by atoms with Gasteiger partial charge >= 0.3 is 6.18 Å². The second kappa shape index (κ2) is 4.29. The minimum absolute atomic E-state index is 0.0754. The number of benzene rings is 1. The fraction of sp³-hybridized carbons (Fsp3) is 0.0769. The van der Waals surface area contributed by atoms with E-state index in [1.165, 1.54) is 41.1 Å². The Morgan fingerprint density at radius 1 is 1.05 bits per heavy atom. The van der Waals surface area contributed by atoms with E-state index in [-0.39, 0.29) is 11.3 Å². The van der Waals surface area contributed by atoms with Crippen LogP contribution in [0.4, 0.5) is 17.6 Å². The van der Waals surface area contributed by atoms with Gasteiger partial charge in [-0.2, -0.15) is 13.2 Å². The van der Waals surface area contributed by atoms with E-state index in [1.807, 2.05) is 0 Å². The SMILES string of the molecule is Fc1ccc(-c2nccn3cc(C(F)(F)F)nc23)cc1. The molecule has 0 N–H and O–H groups in total. The van der Waals surface area contributed by atoms with Crippen molar-refractivity contribution >= 4 is 5.65 Å². The van der Waals surface area contributed by atoms with Crippen LogP contribution in [0, 0.1) is 5.82 Å². The predicted molar refractivity (Wildman–Crippen MR) is 63.4 cm³/mol. The molecule has 0 radical (unpaired) electrons. The molecule has 0 saturated heterocycles. The van der Waals surface area contributed by atoms with Crippen molar-refractivity contribution in [3.8, 4) is 11.3 Å². The maximum atomic E-state index is 12.9. The molecule has 3 nitrogen and oxygen atoms in total. The average Bonchev–Trinajstić information content (AvgIpc) is 2.83. The molecule has 102 valence electrons. The van der Waals surface area contributed by atoms with Crippen LogP contribution in [0.15, 0.2) is 42.9 Å². The van der Waals surface area contributed by atoms with Crippen LogP contribution >= 0.6 is 0 Å². The highest BCUT2D eigenvalue weighted by molar-refractivity contribution is 5.73. The number of hydrogen-bond acceptors (Lipinski definition) is 2. The van der Waals surface area contributed by atoms with Crippen LogP contribution in [-0.4, -0.2) is 14.4 Å². The zero-order valence-corrected chi connectivity index (χ0v) is 9.89. The molecule has 0 bridgehead atoms. The Bertz CT molecular complexity index is 759. The highest BCUT2D eigenvalue weighted by atomic mass is 19.4. The van der Waals surface area contributed by atoms with Crippen molar-refractivity contribution in [1.82, 2.24) is 14.4 Å². The lowest BCUT2D eigenvalue weighted by atomic mass is 10.1. The molecule has 0 aliphatic rings. The third kappa shape index (κ3) is 2.11. The Hall–Kier alpha value is -2.44. The first kappa shape index (κ1) is 12.6. The summed E-state index contributed by atoms with van der Waals surface area (Å²) in [5.74, 6) is -0.431. The van der Waals surface area contributed by atoms with E-state index in [4.69, 9.17) is 0 Å². The molecular weight excluding hydrogens is 274 g/mol. The van der Waals surface area contributed by atoms with Crippen molar-refractivity contribution in [2.24, 2.45) is 0 Å². The van der Waals surface area contributed by atoms with Crippen LogP contribution in [-0.2, 0) is 6.18 Å². The van der Waals surface area contributed by atoms with E-state index < -0.39 is 17.7 Å². The van der Waals surface area contributed by atoms with Crippen molar-refractivity contribution in [2.75, 3.05) is 0 Å². The number of halogens is 4. The summed E-state index contributed by atoms with van der Waals surface area (Å²) in [6.45, 7) is 0. The van der Waals surface area contributed by atoms with Crippen LogP contribution in [0.5, 0.6) is 0 Å². The predicted octanol–water partition coefficient (Wildman–Crippen LogP) is 3.55. The highest BCUT2D eigenvalue weighted by Crippen LogP contribution is 2.30. The van der Waals surface area contributed by atoms with Crippen molar-refractivity contribution in [3.63, 3.8) is 0 Å². The molecule has 2 aromatic heterocycles. The normalized spacial score (nSPS) is 12.0. The largest absolute Gasteiger partial charge is 0.434 e. The second-order valence-electron chi connectivity index (χ2n) is 4.14. The van der Waals surface area contributed by atoms with Gasteiger partial charge in [-0.05, 0) is 24.3 Å². The number of fused-ring (bicyclic) bond motifs is 1. The molecule has 0 atom stereocenters. The van der Waals surface area contributed by atoms with E-state index >= 15 is 0 Å². The molecule has 3 rings (SSSR count). The molecule has 7 heteroatoms. The maximum Gasteiger partial charge on any atom is 0.434 e. The number of rotatable bonds is 1. The maximum absolute atomic E-state index is 12.9. The molecule has 0 unspecified atom stereocenters. The summed E-state index contributed by atoms with van der Waals surface area (Å²) in [6.07, 6.45) is -0.881. The van der Waals surface area contributed by atoms with Gasteiger partial charge in [0.1, 0.15) is 11.5 Å². The Labute approximate surface area is 110 Å². The number of hydrogen-bond donors (Lipinski definition) is 0. The topological polar surface area (TPSA) is 30.2 Å². The molecule has 0 aliphatic heterocycles. The second-order valence-corrected chi connectivity index (χ2v) is 4.14. The first-order valence-corrected chi connectivity index (χ1v) is 5.62. The van der Waals surface area contributed by atoms with Gasteiger partial charge in [-0.25, -0.2) is 9.37 Å². The summed E-state index contributed by atoms with van der Waals surface area (Å²) in [5, 5.41) is 0. The van der Waals surface area contributed by atoms with Gasteiger partial charge in [0.15, 0.2) is 11.3 Å². The molecule has 0 fully saturated rings. The molecule has 0 aliphatic carbocycles. The minimum Gasteiger partial charge on any atom is -0.303 e. The smallest absolute Gasteiger partial charge is 0.303 e. The van der Waals surface area contributed by atoms with E-state index in [2.05, 4.69) is 9.97 Å². The quantitative estimate of drug-likeness (QED) is 0.638. The molecule has 0 saturated carbocycles.